The lowest BCUT2D eigenvalue weighted by atomic mass is 9.82. The number of rotatable bonds is 14. The number of hydrogen-bond donors (Lipinski definition) is 5. The molecule has 0 bridgehead atoms. The summed E-state index contributed by atoms with van der Waals surface area (Å²) in [5.74, 6) is -2.19. The number of carbonyl (C=O) groups excluding carboxylic acids is 5. The first-order chi connectivity index (χ1) is 25.5. The summed E-state index contributed by atoms with van der Waals surface area (Å²) in [4.78, 5) is 80.2. The summed E-state index contributed by atoms with van der Waals surface area (Å²) in [5.41, 5.74) is 0.178. The quantitative estimate of drug-likeness (QED) is 0.190. The Bertz CT molecular complexity index is 1490. The zero-order valence-electron chi connectivity index (χ0n) is 33.6. The smallest absolute Gasteiger partial charge is 0.272 e. The lowest BCUT2D eigenvalue weighted by molar-refractivity contribution is -0.146. The first kappa shape index (κ1) is 41.6. The molecule has 2 heterocycles. The largest absolute Gasteiger partial charge is 0.381 e. The molecule has 1 aromatic heterocycles. The van der Waals surface area contributed by atoms with Crippen molar-refractivity contribution in [2.45, 2.75) is 168 Å². The fourth-order valence-corrected chi connectivity index (χ4v) is 8.69. The predicted molar refractivity (Wildman–Crippen MR) is 205 cm³/mol. The molecule has 5 N–H and O–H groups in total. The second kappa shape index (κ2) is 17.5. The van der Waals surface area contributed by atoms with Crippen molar-refractivity contribution in [1.29, 1.82) is 0 Å². The van der Waals surface area contributed by atoms with Gasteiger partial charge in [-0.25, -0.2) is 4.98 Å². The van der Waals surface area contributed by atoms with Gasteiger partial charge in [-0.2, -0.15) is 0 Å². The summed E-state index contributed by atoms with van der Waals surface area (Å²) in [6, 6.07) is -3.39. The van der Waals surface area contributed by atoms with E-state index in [0.717, 1.165) is 69.9 Å². The molecule has 5 amide bonds. The van der Waals surface area contributed by atoms with Crippen LogP contribution in [0.25, 0.3) is 0 Å². The number of nitrogens with one attached hydrogen (secondary N) is 4. The van der Waals surface area contributed by atoms with Crippen LogP contribution in [0.15, 0.2) is 12.4 Å². The van der Waals surface area contributed by atoms with E-state index in [4.69, 9.17) is 0 Å². The van der Waals surface area contributed by atoms with Gasteiger partial charge in [-0.15, -0.1) is 0 Å². The van der Waals surface area contributed by atoms with Crippen LogP contribution in [0.3, 0.4) is 0 Å². The SMILES string of the molecule is CCC[C@H](NC(=O)[C@@H]1[C@H]2CCC[C@H]2CN1C(=O)[C@@H](NC(=O)[C@@H](NC(=O)c1cnc(CC(C)(C)C)cn1)C1CCCCC1)C(C)(C)C)C(O)C(=O)NC1CC1. The fourth-order valence-electron chi connectivity index (χ4n) is 8.69. The minimum absolute atomic E-state index is 0.00845. The Hall–Kier alpha value is -3.61. The van der Waals surface area contributed by atoms with Gasteiger partial charge < -0.3 is 31.3 Å². The standard InChI is InChI=1S/C41H65N7O6/c1-8-13-29(33(49)38(53)44-26-18-19-26)45-37(52)32-28-17-12-16-25(28)23-48(32)39(54)34(41(5,6)7)47-36(51)31(24-14-10-9-11-15-24)46-35(50)30-22-42-27(21-43-30)20-40(2,3)4/h21-22,24-26,28-29,31-34,49H,8-20,23H2,1-7H3,(H,44,53)(H,45,52)(H,46,50)(H,47,51)/t25-,28-,29-,31-,32-,33?,34+/m0/s1. The molecule has 300 valence electrons. The average molecular weight is 752 g/mol. The van der Waals surface area contributed by atoms with Crippen LogP contribution in [-0.4, -0.2) is 92.4 Å². The van der Waals surface area contributed by atoms with Crippen LogP contribution in [0, 0.1) is 28.6 Å². The third kappa shape index (κ3) is 10.6. The Kier molecular flexibility index (Phi) is 13.4. The van der Waals surface area contributed by atoms with Crippen molar-refractivity contribution in [3.05, 3.63) is 23.8 Å². The normalized spacial score (nSPS) is 24.1. The van der Waals surface area contributed by atoms with Crippen LogP contribution >= 0.6 is 0 Å². The van der Waals surface area contributed by atoms with Crippen molar-refractivity contribution in [3.63, 3.8) is 0 Å². The van der Waals surface area contributed by atoms with E-state index in [1.165, 1.54) is 6.20 Å². The van der Waals surface area contributed by atoms with Gasteiger partial charge in [0.15, 0.2) is 6.10 Å². The Morgan fingerprint density at radius 3 is 2.15 bits per heavy atom. The van der Waals surface area contributed by atoms with Gasteiger partial charge in [-0.1, -0.05) is 80.6 Å². The summed E-state index contributed by atoms with van der Waals surface area (Å²) < 4.78 is 0. The summed E-state index contributed by atoms with van der Waals surface area (Å²) >= 11 is 0. The number of fused-ring (bicyclic) bond motifs is 1. The maximum absolute atomic E-state index is 14.7. The maximum atomic E-state index is 14.7. The van der Waals surface area contributed by atoms with E-state index in [0.29, 0.717) is 25.8 Å². The molecule has 0 aromatic carbocycles. The van der Waals surface area contributed by atoms with Crippen LogP contribution in [0.1, 0.15) is 142 Å². The van der Waals surface area contributed by atoms with E-state index in [9.17, 15) is 29.1 Å². The second-order valence-corrected chi connectivity index (χ2v) is 18.7. The topological polar surface area (TPSA) is 183 Å². The molecular weight excluding hydrogens is 686 g/mol. The fraction of sp³-hybridized carbons (Fsp3) is 0.780. The van der Waals surface area contributed by atoms with Crippen molar-refractivity contribution in [3.8, 4) is 0 Å². The number of nitrogens with zero attached hydrogens (tertiary/aromatic N) is 3. The van der Waals surface area contributed by atoms with E-state index >= 15 is 0 Å². The number of amides is 5. The highest BCUT2D eigenvalue weighted by Crippen LogP contribution is 2.43. The van der Waals surface area contributed by atoms with Crippen molar-refractivity contribution in [1.82, 2.24) is 36.1 Å². The number of aliphatic hydroxyl groups is 1. The zero-order valence-corrected chi connectivity index (χ0v) is 33.6. The van der Waals surface area contributed by atoms with Crippen molar-refractivity contribution in [2.24, 2.45) is 28.6 Å². The summed E-state index contributed by atoms with van der Waals surface area (Å²) in [6.07, 6.45) is 12.3. The molecule has 3 aliphatic carbocycles. The van der Waals surface area contributed by atoms with E-state index < -0.39 is 53.4 Å². The van der Waals surface area contributed by atoms with Crippen LogP contribution in [0.2, 0.25) is 0 Å². The van der Waals surface area contributed by atoms with Crippen LogP contribution < -0.4 is 21.3 Å². The molecule has 13 heteroatoms. The highest BCUT2D eigenvalue weighted by Gasteiger charge is 2.52. The number of hydrogen-bond acceptors (Lipinski definition) is 8. The lowest BCUT2D eigenvalue weighted by Gasteiger charge is -2.38. The van der Waals surface area contributed by atoms with Crippen LogP contribution in [-0.2, 0) is 25.6 Å². The third-order valence-corrected chi connectivity index (χ3v) is 11.7. The van der Waals surface area contributed by atoms with Gasteiger partial charge in [-0.05, 0) is 80.0 Å². The molecular formula is C41H65N7O6. The minimum Gasteiger partial charge on any atom is -0.381 e. The number of carbonyl (C=O) groups is 5. The van der Waals surface area contributed by atoms with Gasteiger partial charge in [0.1, 0.15) is 23.8 Å². The van der Waals surface area contributed by atoms with Gasteiger partial charge in [0.2, 0.25) is 17.7 Å². The highest BCUT2D eigenvalue weighted by atomic mass is 16.3. The Morgan fingerprint density at radius 2 is 1.56 bits per heavy atom. The van der Waals surface area contributed by atoms with Crippen molar-refractivity contribution < 1.29 is 29.1 Å². The molecule has 54 heavy (non-hydrogen) atoms. The number of aliphatic hydroxyl groups excluding tert-OH is 1. The molecule has 1 aliphatic heterocycles. The molecule has 1 saturated heterocycles. The van der Waals surface area contributed by atoms with Crippen molar-refractivity contribution in [2.75, 3.05) is 6.54 Å². The molecule has 5 rings (SSSR count). The first-order valence-electron chi connectivity index (χ1n) is 20.5. The van der Waals surface area contributed by atoms with E-state index in [2.05, 4.69) is 52.0 Å². The van der Waals surface area contributed by atoms with Crippen LogP contribution in [0.5, 0.6) is 0 Å². The van der Waals surface area contributed by atoms with Gasteiger partial charge >= 0.3 is 0 Å². The molecule has 1 aromatic rings. The molecule has 4 fully saturated rings. The summed E-state index contributed by atoms with van der Waals surface area (Å²) in [6.45, 7) is 14.3. The molecule has 4 aliphatic rings. The molecule has 7 atom stereocenters. The van der Waals surface area contributed by atoms with Gasteiger partial charge in [0.25, 0.3) is 11.8 Å². The molecule has 13 nitrogen and oxygen atoms in total. The van der Waals surface area contributed by atoms with Gasteiger partial charge in [0.05, 0.1) is 17.9 Å². The molecule has 1 unspecified atom stereocenters. The third-order valence-electron chi connectivity index (χ3n) is 11.7. The maximum Gasteiger partial charge on any atom is 0.272 e. The minimum atomic E-state index is -1.40. The lowest BCUT2D eigenvalue weighted by Crippen LogP contribution is -2.62. The monoisotopic (exact) mass is 751 g/mol. The van der Waals surface area contributed by atoms with E-state index in [1.807, 2.05) is 27.7 Å². The Balaban J connectivity index is 1.34. The Labute approximate surface area is 321 Å². The summed E-state index contributed by atoms with van der Waals surface area (Å²) in [5, 5.41) is 22.8. The van der Waals surface area contributed by atoms with Gasteiger partial charge in [-0.3, -0.25) is 29.0 Å². The Morgan fingerprint density at radius 1 is 0.852 bits per heavy atom. The molecule has 3 saturated carbocycles. The zero-order chi connectivity index (χ0) is 39.4. The van der Waals surface area contributed by atoms with Crippen LogP contribution in [0.4, 0.5) is 0 Å². The first-order valence-corrected chi connectivity index (χ1v) is 20.5. The number of likely N-dealkylation sites (tertiary alicyclic amines) is 1. The highest BCUT2D eigenvalue weighted by molar-refractivity contribution is 5.98. The van der Waals surface area contributed by atoms with E-state index in [-0.39, 0.29) is 46.7 Å². The summed E-state index contributed by atoms with van der Waals surface area (Å²) in [7, 11) is 0. The van der Waals surface area contributed by atoms with Crippen molar-refractivity contribution >= 4 is 29.5 Å². The second-order valence-electron chi connectivity index (χ2n) is 18.7. The average Bonchev–Trinajstić information content (AvgIpc) is 3.68. The molecule has 0 radical (unpaired) electrons. The number of aromatic nitrogens is 2. The van der Waals surface area contributed by atoms with Gasteiger partial charge in [0, 0.05) is 18.8 Å². The predicted octanol–water partition coefficient (Wildman–Crippen LogP) is 3.83. The molecule has 0 spiro atoms. The van der Waals surface area contributed by atoms with E-state index in [1.54, 1.807) is 11.1 Å².